The van der Waals surface area contributed by atoms with Gasteiger partial charge in [-0.1, -0.05) is 0 Å². The number of hydrogen-bond acceptors (Lipinski definition) is 12. The van der Waals surface area contributed by atoms with E-state index in [1.807, 2.05) is 0 Å². The molecular weight excluding hydrogens is 503 g/mol. The molecule has 2 heterocycles. The summed E-state index contributed by atoms with van der Waals surface area (Å²) in [5.41, 5.74) is 4.80. The summed E-state index contributed by atoms with van der Waals surface area (Å²) in [5.74, 6) is -1.25. The van der Waals surface area contributed by atoms with Gasteiger partial charge in [0.1, 0.15) is 6.10 Å². The number of aliphatic hydroxyl groups excluding tert-OH is 2. The highest BCUT2D eigenvalue weighted by Crippen LogP contribution is 2.66. The lowest BCUT2D eigenvalue weighted by atomic mass is 10.1. The van der Waals surface area contributed by atoms with Gasteiger partial charge in [0.15, 0.2) is 11.2 Å². The molecule has 9 N–H and O–H groups in total. The molecule has 2 unspecified atom stereocenters. The molecule has 6 atom stereocenters. The minimum absolute atomic E-state index is 0.0102. The van der Waals surface area contributed by atoms with Crippen LogP contribution in [0.3, 0.4) is 0 Å². The quantitative estimate of drug-likeness (QED) is 0.180. The van der Waals surface area contributed by atoms with E-state index in [1.54, 1.807) is 0 Å². The van der Waals surface area contributed by atoms with Crippen molar-refractivity contribution < 1.29 is 56.6 Å². The standard InChI is InChI=1S/C11H18N5O13P3/c12-11-14-9-6(10(19)15-11)13-3-16(9)5-1-4(7(17)8(5)18)2-27-31(23,24)29-32(25,26)28-30(20,21)22/h3-5,7-8,17-18H,1-2H2,(H,23,24)(H,25,26)(H2,20,21,22)(H3,12,14,15,19)/t4-,5-,7-,8+/m1/s1. The number of aliphatic hydroxyl groups is 2. The monoisotopic (exact) mass is 521 g/mol. The zero-order chi connectivity index (χ0) is 24.1. The van der Waals surface area contributed by atoms with Gasteiger partial charge in [-0.3, -0.25) is 14.3 Å². The van der Waals surface area contributed by atoms with Crippen LogP contribution >= 0.6 is 23.5 Å². The van der Waals surface area contributed by atoms with E-state index in [4.69, 9.17) is 20.4 Å². The lowest BCUT2D eigenvalue weighted by Gasteiger charge is -2.19. The summed E-state index contributed by atoms with van der Waals surface area (Å²) in [6.07, 6.45) is -1.91. The van der Waals surface area contributed by atoms with E-state index in [0.717, 1.165) is 0 Å². The summed E-state index contributed by atoms with van der Waals surface area (Å²) in [7, 11) is -16.6. The Balaban J connectivity index is 1.72. The highest BCUT2D eigenvalue weighted by molar-refractivity contribution is 7.66. The maximum absolute atomic E-state index is 11.9. The minimum atomic E-state index is -5.69. The van der Waals surface area contributed by atoms with Crippen LogP contribution in [0.15, 0.2) is 11.1 Å². The van der Waals surface area contributed by atoms with Crippen LogP contribution in [0, 0.1) is 5.92 Å². The number of nitrogen functional groups attached to an aromatic ring is 1. The van der Waals surface area contributed by atoms with E-state index in [1.165, 1.54) is 10.9 Å². The molecule has 3 rings (SSSR count). The van der Waals surface area contributed by atoms with Gasteiger partial charge in [0.25, 0.3) is 5.56 Å². The Bertz CT molecular complexity index is 1210. The van der Waals surface area contributed by atoms with Gasteiger partial charge in [-0.2, -0.15) is 13.6 Å². The van der Waals surface area contributed by atoms with Crippen LogP contribution in [0.2, 0.25) is 0 Å². The molecule has 0 amide bonds. The molecule has 2 aromatic rings. The number of aromatic nitrogens is 4. The maximum Gasteiger partial charge on any atom is 0.490 e. The third-order valence-electron chi connectivity index (χ3n) is 4.45. The fourth-order valence-electron chi connectivity index (χ4n) is 3.22. The van der Waals surface area contributed by atoms with Crippen LogP contribution in [-0.2, 0) is 26.8 Å². The van der Waals surface area contributed by atoms with Crippen molar-refractivity contribution in [2.45, 2.75) is 24.7 Å². The summed E-state index contributed by atoms with van der Waals surface area (Å²) in [6.45, 7) is -0.790. The molecule has 0 saturated heterocycles. The van der Waals surface area contributed by atoms with Gasteiger partial charge in [-0.15, -0.1) is 0 Å². The molecule has 1 fully saturated rings. The van der Waals surface area contributed by atoms with Gasteiger partial charge in [0, 0.05) is 5.92 Å². The van der Waals surface area contributed by atoms with Crippen molar-refractivity contribution in [2.75, 3.05) is 12.3 Å². The van der Waals surface area contributed by atoms with E-state index in [2.05, 4.69) is 28.1 Å². The Morgan fingerprint density at radius 3 is 2.41 bits per heavy atom. The number of phosphoric ester groups is 1. The molecule has 2 aromatic heterocycles. The lowest BCUT2D eigenvalue weighted by molar-refractivity contribution is -0.00372. The summed E-state index contributed by atoms with van der Waals surface area (Å²) in [5, 5.41) is 20.7. The molecule has 21 heteroatoms. The molecule has 0 spiro atoms. The summed E-state index contributed by atoms with van der Waals surface area (Å²) < 4.78 is 46.8. The second-order valence-electron chi connectivity index (χ2n) is 6.71. The fraction of sp³-hybridized carbons (Fsp3) is 0.545. The first-order valence-electron chi connectivity index (χ1n) is 8.45. The van der Waals surface area contributed by atoms with Crippen molar-refractivity contribution in [3.05, 3.63) is 16.7 Å². The van der Waals surface area contributed by atoms with Crippen LogP contribution in [0.25, 0.3) is 11.2 Å². The number of phosphoric acid groups is 3. The van der Waals surface area contributed by atoms with Crippen molar-refractivity contribution in [2.24, 2.45) is 5.92 Å². The fourth-order valence-corrected chi connectivity index (χ4v) is 6.29. The van der Waals surface area contributed by atoms with Crippen molar-refractivity contribution in [3.8, 4) is 0 Å². The number of H-pyrrole nitrogens is 1. The topological polar surface area (TPSA) is 290 Å². The Hall–Kier alpha value is -1.52. The Morgan fingerprint density at radius 1 is 1.12 bits per heavy atom. The van der Waals surface area contributed by atoms with Crippen LogP contribution < -0.4 is 11.3 Å². The molecule has 18 nitrogen and oxygen atoms in total. The second kappa shape index (κ2) is 8.68. The molecule has 0 radical (unpaired) electrons. The largest absolute Gasteiger partial charge is 0.490 e. The molecule has 0 bridgehead atoms. The highest BCUT2D eigenvalue weighted by Gasteiger charge is 2.46. The Morgan fingerprint density at radius 2 is 1.78 bits per heavy atom. The molecule has 1 aliphatic rings. The van der Waals surface area contributed by atoms with Crippen molar-refractivity contribution in [1.29, 1.82) is 0 Å². The number of imidazole rings is 1. The van der Waals surface area contributed by atoms with Gasteiger partial charge < -0.3 is 40.1 Å². The number of nitrogens with zero attached hydrogens (tertiary/aromatic N) is 3. The number of aromatic amines is 1. The van der Waals surface area contributed by atoms with E-state index in [0.29, 0.717) is 0 Å². The first-order chi connectivity index (χ1) is 14.6. The zero-order valence-corrected chi connectivity index (χ0v) is 18.3. The number of rotatable bonds is 8. The van der Waals surface area contributed by atoms with E-state index < -0.39 is 59.8 Å². The summed E-state index contributed by atoms with van der Waals surface area (Å²) in [4.78, 5) is 57.7. The maximum atomic E-state index is 11.9. The minimum Gasteiger partial charge on any atom is -0.390 e. The van der Waals surface area contributed by atoms with Gasteiger partial charge in [0.05, 0.1) is 25.1 Å². The van der Waals surface area contributed by atoms with Gasteiger partial charge >= 0.3 is 23.5 Å². The molecule has 180 valence electrons. The molecule has 1 saturated carbocycles. The van der Waals surface area contributed by atoms with Crippen LogP contribution in [0.1, 0.15) is 12.5 Å². The third-order valence-corrected chi connectivity index (χ3v) is 8.25. The highest BCUT2D eigenvalue weighted by atomic mass is 31.3. The molecule has 32 heavy (non-hydrogen) atoms. The van der Waals surface area contributed by atoms with E-state index in [9.17, 15) is 33.6 Å². The predicted molar refractivity (Wildman–Crippen MR) is 102 cm³/mol. The SMILES string of the molecule is Nc1nc2c(ncn2[C@@H]2C[C@H](COP(=O)(O)OP(=O)(O)OP(=O)(O)O)[C@@H](O)[C@H]2O)c(=O)[nH]1. The first-order valence-corrected chi connectivity index (χ1v) is 13.0. The molecular formula is C11H18N5O13P3. The average Bonchev–Trinajstić information content (AvgIpc) is 3.12. The molecule has 0 aliphatic heterocycles. The summed E-state index contributed by atoms with van der Waals surface area (Å²) >= 11 is 0. The third kappa shape index (κ3) is 5.69. The Kier molecular flexibility index (Phi) is 6.81. The zero-order valence-electron chi connectivity index (χ0n) is 15.6. The molecule has 0 aromatic carbocycles. The van der Waals surface area contributed by atoms with Crippen LogP contribution in [0.5, 0.6) is 0 Å². The van der Waals surface area contributed by atoms with Gasteiger partial charge in [-0.05, 0) is 6.42 Å². The smallest absolute Gasteiger partial charge is 0.390 e. The Labute approximate surface area is 177 Å². The number of anilines is 1. The van der Waals surface area contributed by atoms with Crippen molar-refractivity contribution >= 4 is 40.6 Å². The van der Waals surface area contributed by atoms with Gasteiger partial charge in [0.2, 0.25) is 5.95 Å². The normalized spacial score (nSPS) is 27.9. The molecule has 1 aliphatic carbocycles. The summed E-state index contributed by atoms with van der Waals surface area (Å²) in [6, 6.07) is -0.918. The lowest BCUT2D eigenvalue weighted by Crippen LogP contribution is -2.30. The van der Waals surface area contributed by atoms with Crippen molar-refractivity contribution in [1.82, 2.24) is 19.5 Å². The number of nitrogens with two attached hydrogens (primary N) is 1. The van der Waals surface area contributed by atoms with E-state index in [-0.39, 0.29) is 23.5 Å². The van der Waals surface area contributed by atoms with Gasteiger partial charge in [-0.25, -0.2) is 18.7 Å². The number of nitrogens with one attached hydrogen (secondary N) is 1. The number of hydrogen-bond donors (Lipinski definition) is 8. The first kappa shape index (κ1) is 25.1. The van der Waals surface area contributed by atoms with Crippen LogP contribution in [0.4, 0.5) is 5.95 Å². The van der Waals surface area contributed by atoms with E-state index >= 15 is 0 Å². The second-order valence-corrected chi connectivity index (χ2v) is 11.1. The average molecular weight is 521 g/mol. The predicted octanol–water partition coefficient (Wildman–Crippen LogP) is -1.67. The van der Waals surface area contributed by atoms with Crippen LogP contribution in [-0.4, -0.2) is 68.1 Å². The van der Waals surface area contributed by atoms with Crippen molar-refractivity contribution in [3.63, 3.8) is 0 Å². The number of fused-ring (bicyclic) bond motifs is 1.